The molecule has 0 bridgehead atoms. The molecule has 0 aliphatic rings. The summed E-state index contributed by atoms with van der Waals surface area (Å²) in [5.74, 6) is -2.90. The highest BCUT2D eigenvalue weighted by Crippen LogP contribution is 2.21. The zero-order valence-electron chi connectivity index (χ0n) is 13.5. The lowest BCUT2D eigenvalue weighted by molar-refractivity contribution is -0.316. The SMILES string of the molecule is CCCCN(c1ccc(-n2[nH]nnc2=S)cc1)C(CC(=O)[O-])C(=O)[O-]. The first-order valence-corrected chi connectivity index (χ1v) is 8.12. The van der Waals surface area contributed by atoms with Crippen LogP contribution in [0.15, 0.2) is 24.3 Å². The predicted octanol–water partition coefficient (Wildman–Crippen LogP) is -0.810. The summed E-state index contributed by atoms with van der Waals surface area (Å²) in [6.45, 7) is 2.34. The van der Waals surface area contributed by atoms with E-state index in [2.05, 4.69) is 15.5 Å². The van der Waals surface area contributed by atoms with E-state index in [1.165, 1.54) is 9.58 Å². The van der Waals surface area contributed by atoms with Gasteiger partial charge < -0.3 is 24.7 Å². The van der Waals surface area contributed by atoms with Gasteiger partial charge >= 0.3 is 0 Å². The minimum Gasteiger partial charge on any atom is -0.550 e. The van der Waals surface area contributed by atoms with Gasteiger partial charge in [-0.2, -0.15) is 5.21 Å². The third-order valence-corrected chi connectivity index (χ3v) is 3.94. The number of hydrogen-bond acceptors (Lipinski definition) is 8. The van der Waals surface area contributed by atoms with Crippen molar-refractivity contribution < 1.29 is 19.8 Å². The molecule has 0 radical (unpaired) electrons. The smallest absolute Gasteiger partial charge is 0.242 e. The second kappa shape index (κ2) is 8.38. The van der Waals surface area contributed by atoms with Crippen molar-refractivity contribution in [3.63, 3.8) is 0 Å². The van der Waals surface area contributed by atoms with Crippen molar-refractivity contribution in [3.8, 4) is 5.69 Å². The molecule has 25 heavy (non-hydrogen) atoms. The average molecular weight is 363 g/mol. The van der Waals surface area contributed by atoms with Gasteiger partial charge in [-0.25, -0.2) is 4.68 Å². The van der Waals surface area contributed by atoms with E-state index in [0.29, 0.717) is 24.3 Å². The van der Waals surface area contributed by atoms with Crippen LogP contribution in [0.2, 0.25) is 0 Å². The zero-order chi connectivity index (χ0) is 18.4. The van der Waals surface area contributed by atoms with Crippen molar-refractivity contribution in [1.29, 1.82) is 0 Å². The quantitative estimate of drug-likeness (QED) is 0.573. The maximum absolute atomic E-state index is 11.4. The fraction of sp³-hybridized carbons (Fsp3) is 0.400. The first kappa shape index (κ1) is 18.6. The largest absolute Gasteiger partial charge is 0.550 e. The normalized spacial score (nSPS) is 11.9. The van der Waals surface area contributed by atoms with Crippen LogP contribution in [0, 0.1) is 4.77 Å². The highest BCUT2D eigenvalue weighted by molar-refractivity contribution is 7.71. The first-order valence-electron chi connectivity index (χ1n) is 7.72. The van der Waals surface area contributed by atoms with Crippen LogP contribution >= 0.6 is 12.2 Å². The molecule has 2 aromatic rings. The number of carbonyl (C=O) groups is 2. The molecule has 0 amide bonds. The number of carboxylic acids is 2. The van der Waals surface area contributed by atoms with E-state index in [1.54, 1.807) is 24.3 Å². The molecule has 0 aliphatic carbocycles. The van der Waals surface area contributed by atoms with Gasteiger partial charge in [-0.1, -0.05) is 23.7 Å². The lowest BCUT2D eigenvalue weighted by atomic mass is 10.1. The monoisotopic (exact) mass is 363 g/mol. The summed E-state index contributed by atoms with van der Waals surface area (Å²) in [4.78, 5) is 23.8. The number of aromatic amines is 1. The van der Waals surface area contributed by atoms with Crippen molar-refractivity contribution in [2.24, 2.45) is 0 Å². The van der Waals surface area contributed by atoms with Gasteiger partial charge in [0, 0.05) is 24.6 Å². The number of carbonyl (C=O) groups excluding carboxylic acids is 2. The Morgan fingerprint density at radius 2 is 2.00 bits per heavy atom. The van der Waals surface area contributed by atoms with Crippen LogP contribution in [-0.2, 0) is 9.59 Å². The predicted molar refractivity (Wildman–Crippen MR) is 87.2 cm³/mol. The van der Waals surface area contributed by atoms with Gasteiger partial charge in [0.15, 0.2) is 0 Å². The van der Waals surface area contributed by atoms with Gasteiger partial charge in [-0.3, -0.25) is 0 Å². The lowest BCUT2D eigenvalue weighted by Crippen LogP contribution is -2.51. The maximum Gasteiger partial charge on any atom is 0.242 e. The summed E-state index contributed by atoms with van der Waals surface area (Å²) in [5.41, 5.74) is 1.23. The number of nitrogens with one attached hydrogen (secondary N) is 1. The van der Waals surface area contributed by atoms with Crippen molar-refractivity contribution in [1.82, 2.24) is 20.2 Å². The van der Waals surface area contributed by atoms with Crippen LogP contribution in [0.3, 0.4) is 0 Å². The van der Waals surface area contributed by atoms with Crippen molar-refractivity contribution >= 4 is 29.8 Å². The molecule has 1 atom stereocenters. The third-order valence-electron chi connectivity index (χ3n) is 3.67. The third kappa shape index (κ3) is 4.63. The number of aliphatic carboxylic acids is 2. The zero-order valence-corrected chi connectivity index (χ0v) is 14.4. The number of aromatic nitrogens is 4. The Hall–Kier alpha value is -2.75. The molecule has 0 fully saturated rings. The number of benzene rings is 1. The summed E-state index contributed by atoms with van der Waals surface area (Å²) in [5, 5.41) is 32.2. The highest BCUT2D eigenvalue weighted by atomic mass is 32.1. The number of anilines is 1. The average Bonchev–Trinajstić information content (AvgIpc) is 3.00. The Bertz CT molecular complexity index is 786. The number of tetrazole rings is 1. The Kier molecular flexibility index (Phi) is 6.23. The van der Waals surface area contributed by atoms with Crippen LogP contribution in [0.1, 0.15) is 26.2 Å². The number of carboxylic acid groups (broad SMARTS) is 2. The number of nitrogens with zero attached hydrogens (tertiary/aromatic N) is 4. The van der Waals surface area contributed by atoms with E-state index in [-0.39, 0.29) is 4.77 Å². The van der Waals surface area contributed by atoms with E-state index in [9.17, 15) is 19.8 Å². The molecule has 10 heteroatoms. The summed E-state index contributed by atoms with van der Waals surface area (Å²) in [6.07, 6.45) is 0.881. The molecule has 0 spiro atoms. The van der Waals surface area contributed by atoms with Crippen LogP contribution in [0.5, 0.6) is 0 Å². The number of hydrogen-bond donors (Lipinski definition) is 1. The topological polar surface area (TPSA) is 130 Å². The number of rotatable bonds is 9. The van der Waals surface area contributed by atoms with E-state index >= 15 is 0 Å². The van der Waals surface area contributed by atoms with Crippen molar-refractivity contribution in [2.75, 3.05) is 11.4 Å². The number of unbranched alkanes of at least 4 members (excludes halogenated alkanes) is 1. The lowest BCUT2D eigenvalue weighted by Gasteiger charge is -2.35. The molecule has 1 aromatic heterocycles. The Labute approximate surface area is 148 Å². The molecule has 134 valence electrons. The molecule has 1 N–H and O–H groups in total. The molecule has 0 saturated heterocycles. The molecule has 0 saturated carbocycles. The minimum atomic E-state index is -1.45. The first-order chi connectivity index (χ1) is 11.9. The van der Waals surface area contributed by atoms with Gasteiger partial charge in [0.05, 0.1) is 17.7 Å². The standard InChI is InChI=1S/C15H19N5O4S/c1-2-3-8-19(12(14(23)24)9-13(21)22)10-4-6-11(7-5-10)20-15(25)16-17-18-20/h4-7,12H,2-3,8-9H2,1H3,(H,21,22)(H,23,24)(H,16,18,25)/p-2. The maximum atomic E-state index is 11.4. The number of H-pyrrole nitrogens is 1. The van der Waals surface area contributed by atoms with Gasteiger partial charge in [-0.15, -0.1) is 0 Å². The Balaban J connectivity index is 2.33. The minimum absolute atomic E-state index is 0.250. The van der Waals surface area contributed by atoms with E-state index in [4.69, 9.17) is 12.2 Å². The summed E-state index contributed by atoms with van der Waals surface area (Å²) in [7, 11) is 0. The molecule has 2 rings (SSSR count). The van der Waals surface area contributed by atoms with Gasteiger partial charge in [-0.05, 0) is 42.9 Å². The summed E-state index contributed by atoms with van der Waals surface area (Å²) < 4.78 is 1.73. The van der Waals surface area contributed by atoms with E-state index in [0.717, 1.165) is 6.42 Å². The Morgan fingerprint density at radius 1 is 1.32 bits per heavy atom. The molecule has 9 nitrogen and oxygen atoms in total. The second-order valence-corrected chi connectivity index (χ2v) is 5.76. The van der Waals surface area contributed by atoms with Gasteiger partial charge in [0.2, 0.25) is 4.77 Å². The second-order valence-electron chi connectivity index (χ2n) is 5.39. The van der Waals surface area contributed by atoms with Crippen LogP contribution in [-0.4, -0.2) is 44.7 Å². The van der Waals surface area contributed by atoms with Crippen molar-refractivity contribution in [3.05, 3.63) is 29.0 Å². The highest BCUT2D eigenvalue weighted by Gasteiger charge is 2.20. The molecular weight excluding hydrogens is 346 g/mol. The molecule has 1 heterocycles. The fourth-order valence-electron chi connectivity index (χ4n) is 2.43. The summed E-state index contributed by atoms with van der Waals surface area (Å²) >= 11 is 5.02. The van der Waals surface area contributed by atoms with Crippen LogP contribution in [0.4, 0.5) is 5.69 Å². The molecular formula is C15H17N5O4S-2. The van der Waals surface area contributed by atoms with Gasteiger partial charge in [0.25, 0.3) is 0 Å². The van der Waals surface area contributed by atoms with Gasteiger partial charge in [0.1, 0.15) is 0 Å². The molecule has 1 unspecified atom stereocenters. The Morgan fingerprint density at radius 3 is 2.48 bits per heavy atom. The fourth-order valence-corrected chi connectivity index (χ4v) is 2.62. The summed E-state index contributed by atoms with van der Waals surface area (Å²) in [6, 6.07) is 5.46. The van der Waals surface area contributed by atoms with Crippen molar-refractivity contribution in [2.45, 2.75) is 32.2 Å². The molecule has 0 aliphatic heterocycles. The van der Waals surface area contributed by atoms with E-state index < -0.39 is 24.4 Å². The van der Waals surface area contributed by atoms with Crippen LogP contribution in [0.25, 0.3) is 5.69 Å². The van der Waals surface area contributed by atoms with E-state index in [1.807, 2.05) is 6.92 Å². The molecule has 1 aromatic carbocycles. The van der Waals surface area contributed by atoms with Crippen LogP contribution < -0.4 is 15.1 Å².